The van der Waals surface area contributed by atoms with Crippen molar-refractivity contribution in [2.24, 2.45) is 0 Å². The molecule has 4 nitrogen and oxygen atoms in total. The number of aromatic hydroxyl groups is 1. The van der Waals surface area contributed by atoms with Gasteiger partial charge in [-0.3, -0.25) is 4.72 Å². The van der Waals surface area contributed by atoms with E-state index in [0.717, 1.165) is 5.56 Å². The van der Waals surface area contributed by atoms with Gasteiger partial charge in [0.15, 0.2) is 0 Å². The molecule has 0 saturated heterocycles. The highest BCUT2D eigenvalue weighted by molar-refractivity contribution is 7.92. The molecule has 0 aliphatic rings. The molecular weight excluding hydrogens is 322 g/mol. The molecule has 22 heavy (non-hydrogen) atoms. The van der Waals surface area contributed by atoms with Crippen molar-refractivity contribution in [1.29, 1.82) is 0 Å². The molecule has 0 atom stereocenters. The molecule has 2 aromatic carbocycles. The number of rotatable bonds is 4. The van der Waals surface area contributed by atoms with Crippen LogP contribution in [0.2, 0.25) is 5.02 Å². The quantitative estimate of drug-likeness (QED) is 0.817. The highest BCUT2D eigenvalue weighted by Gasteiger charge is 2.17. The van der Waals surface area contributed by atoms with E-state index in [4.69, 9.17) is 11.6 Å². The van der Waals surface area contributed by atoms with Crippen LogP contribution in [0.25, 0.3) is 0 Å². The van der Waals surface area contributed by atoms with Crippen molar-refractivity contribution in [1.82, 2.24) is 0 Å². The van der Waals surface area contributed by atoms with Crippen LogP contribution in [0.1, 0.15) is 30.9 Å². The Morgan fingerprint density at radius 1 is 1.14 bits per heavy atom. The summed E-state index contributed by atoms with van der Waals surface area (Å²) in [5.74, 6) is -0.00344. The average molecular weight is 340 g/mol. The van der Waals surface area contributed by atoms with Crippen molar-refractivity contribution >= 4 is 27.3 Å². The second-order valence-corrected chi connectivity index (χ2v) is 7.56. The fraction of sp³-hybridized carbons (Fsp3) is 0.250. The summed E-state index contributed by atoms with van der Waals surface area (Å²) >= 11 is 5.97. The molecule has 0 fully saturated rings. The predicted octanol–water partition coefficient (Wildman–Crippen LogP) is 4.28. The summed E-state index contributed by atoms with van der Waals surface area (Å²) in [4.78, 5) is 0.174. The molecule has 0 aromatic heterocycles. The van der Waals surface area contributed by atoms with Gasteiger partial charge in [0.2, 0.25) is 0 Å². The highest BCUT2D eigenvalue weighted by Crippen LogP contribution is 2.36. The molecule has 0 radical (unpaired) electrons. The van der Waals surface area contributed by atoms with Crippen LogP contribution in [0, 0.1) is 6.92 Å². The number of phenolic OH excluding ortho intramolecular Hbond substituents is 1. The number of anilines is 1. The summed E-state index contributed by atoms with van der Waals surface area (Å²) in [6.07, 6.45) is 0. The van der Waals surface area contributed by atoms with E-state index in [1.54, 1.807) is 30.3 Å². The molecule has 0 saturated carbocycles. The number of halogens is 1. The third kappa shape index (κ3) is 3.54. The van der Waals surface area contributed by atoms with Crippen LogP contribution < -0.4 is 4.72 Å². The Hall–Kier alpha value is -1.72. The number of sulfonamides is 1. The van der Waals surface area contributed by atoms with Gasteiger partial charge in [-0.05, 0) is 37.1 Å². The van der Waals surface area contributed by atoms with Gasteiger partial charge in [0.1, 0.15) is 5.75 Å². The second-order valence-electron chi connectivity index (χ2n) is 5.47. The van der Waals surface area contributed by atoms with Crippen molar-refractivity contribution in [3.63, 3.8) is 0 Å². The summed E-state index contributed by atoms with van der Waals surface area (Å²) in [6, 6.07) is 9.55. The Bertz CT molecular complexity index is 784. The van der Waals surface area contributed by atoms with Gasteiger partial charge in [-0.1, -0.05) is 43.1 Å². The van der Waals surface area contributed by atoms with E-state index >= 15 is 0 Å². The first-order valence-electron chi connectivity index (χ1n) is 6.82. The number of benzene rings is 2. The average Bonchev–Trinajstić information content (AvgIpc) is 2.42. The smallest absolute Gasteiger partial charge is 0.261 e. The molecule has 0 amide bonds. The number of nitrogens with one attached hydrogen (secondary N) is 1. The van der Waals surface area contributed by atoms with E-state index < -0.39 is 10.0 Å². The third-order valence-corrected chi connectivity index (χ3v) is 4.98. The predicted molar refractivity (Wildman–Crippen MR) is 89.2 cm³/mol. The van der Waals surface area contributed by atoms with Crippen LogP contribution >= 0.6 is 11.6 Å². The normalized spacial score (nSPS) is 11.7. The molecule has 0 aliphatic heterocycles. The van der Waals surface area contributed by atoms with E-state index in [-0.39, 0.29) is 21.6 Å². The summed E-state index contributed by atoms with van der Waals surface area (Å²) in [5.41, 5.74) is 1.90. The van der Waals surface area contributed by atoms with E-state index in [0.29, 0.717) is 11.3 Å². The summed E-state index contributed by atoms with van der Waals surface area (Å²) in [6.45, 7) is 5.67. The molecule has 0 unspecified atom stereocenters. The molecule has 118 valence electrons. The molecule has 2 rings (SSSR count). The Balaban J connectivity index is 2.40. The SMILES string of the molecule is Cc1ccc(S(=O)(=O)Nc2cc(Cl)c(O)c(C(C)C)c2)cc1. The van der Waals surface area contributed by atoms with Crippen molar-refractivity contribution in [2.75, 3.05) is 4.72 Å². The van der Waals surface area contributed by atoms with Gasteiger partial charge in [-0.2, -0.15) is 0 Å². The van der Waals surface area contributed by atoms with Crippen LogP contribution in [0.3, 0.4) is 0 Å². The van der Waals surface area contributed by atoms with Crippen molar-refractivity contribution in [3.05, 3.63) is 52.5 Å². The maximum Gasteiger partial charge on any atom is 0.261 e. The number of aryl methyl sites for hydroxylation is 1. The Kier molecular flexibility index (Phi) is 4.68. The standard InChI is InChI=1S/C16H18ClNO3S/c1-10(2)14-8-12(9-15(17)16(14)19)18-22(20,21)13-6-4-11(3)5-7-13/h4-10,18-19H,1-3H3. The van der Waals surface area contributed by atoms with Crippen LogP contribution in [-0.4, -0.2) is 13.5 Å². The highest BCUT2D eigenvalue weighted by atomic mass is 35.5. The lowest BCUT2D eigenvalue weighted by atomic mass is 10.0. The van der Waals surface area contributed by atoms with Crippen LogP contribution in [-0.2, 0) is 10.0 Å². The van der Waals surface area contributed by atoms with Crippen molar-refractivity contribution < 1.29 is 13.5 Å². The lowest BCUT2D eigenvalue weighted by Crippen LogP contribution is -2.13. The largest absolute Gasteiger partial charge is 0.506 e. The van der Waals surface area contributed by atoms with Gasteiger partial charge < -0.3 is 5.11 Å². The first-order valence-corrected chi connectivity index (χ1v) is 8.68. The molecule has 0 spiro atoms. The number of phenols is 1. The zero-order chi connectivity index (χ0) is 16.5. The third-order valence-electron chi connectivity index (χ3n) is 3.30. The zero-order valence-electron chi connectivity index (χ0n) is 12.6. The van der Waals surface area contributed by atoms with Gasteiger partial charge in [0.05, 0.1) is 15.6 Å². The van der Waals surface area contributed by atoms with Gasteiger partial charge in [0.25, 0.3) is 10.0 Å². The Morgan fingerprint density at radius 3 is 2.27 bits per heavy atom. The van der Waals surface area contributed by atoms with Gasteiger partial charge >= 0.3 is 0 Å². The summed E-state index contributed by atoms with van der Waals surface area (Å²) in [5, 5.41) is 10.0. The second kappa shape index (κ2) is 6.18. The van der Waals surface area contributed by atoms with E-state index in [9.17, 15) is 13.5 Å². The topological polar surface area (TPSA) is 66.4 Å². The summed E-state index contributed by atoms with van der Waals surface area (Å²) in [7, 11) is -3.69. The number of hydrogen-bond donors (Lipinski definition) is 2. The zero-order valence-corrected chi connectivity index (χ0v) is 14.2. The number of hydrogen-bond acceptors (Lipinski definition) is 3. The Morgan fingerprint density at radius 2 is 1.73 bits per heavy atom. The van der Waals surface area contributed by atoms with Crippen molar-refractivity contribution in [3.8, 4) is 5.75 Å². The maximum atomic E-state index is 12.4. The van der Waals surface area contributed by atoms with Crippen molar-refractivity contribution in [2.45, 2.75) is 31.6 Å². The minimum absolute atomic E-state index is 0.0151. The van der Waals surface area contributed by atoms with E-state index in [1.807, 2.05) is 20.8 Å². The maximum absolute atomic E-state index is 12.4. The van der Waals surface area contributed by atoms with E-state index in [1.165, 1.54) is 6.07 Å². The fourth-order valence-corrected chi connectivity index (χ4v) is 3.32. The Labute approximate surface area is 135 Å². The fourth-order valence-electron chi connectivity index (χ4n) is 2.05. The molecule has 2 N–H and O–H groups in total. The molecule has 0 bridgehead atoms. The molecule has 0 heterocycles. The minimum atomic E-state index is -3.69. The monoisotopic (exact) mass is 339 g/mol. The first-order chi connectivity index (χ1) is 10.2. The van der Waals surface area contributed by atoms with Crippen LogP contribution in [0.15, 0.2) is 41.3 Å². The molecule has 2 aromatic rings. The van der Waals surface area contributed by atoms with Crippen LogP contribution in [0.4, 0.5) is 5.69 Å². The van der Waals surface area contributed by atoms with Gasteiger partial charge in [-0.15, -0.1) is 0 Å². The first kappa shape index (κ1) is 16.6. The molecular formula is C16H18ClNO3S. The lowest BCUT2D eigenvalue weighted by Gasteiger charge is -2.14. The minimum Gasteiger partial charge on any atom is -0.506 e. The van der Waals surface area contributed by atoms with Crippen LogP contribution in [0.5, 0.6) is 5.75 Å². The lowest BCUT2D eigenvalue weighted by molar-refractivity contribution is 0.465. The summed E-state index contributed by atoms with van der Waals surface area (Å²) < 4.78 is 27.2. The molecule has 6 heteroatoms. The van der Waals surface area contributed by atoms with E-state index in [2.05, 4.69) is 4.72 Å². The van der Waals surface area contributed by atoms with Gasteiger partial charge in [-0.25, -0.2) is 8.42 Å². The molecule has 0 aliphatic carbocycles. The van der Waals surface area contributed by atoms with Gasteiger partial charge in [0, 0.05) is 5.56 Å².